The van der Waals surface area contributed by atoms with Crippen molar-refractivity contribution >= 4 is 21.9 Å². The third-order valence-corrected chi connectivity index (χ3v) is 2.23. The van der Waals surface area contributed by atoms with Crippen LogP contribution in [0.5, 0.6) is 0 Å². The molecule has 0 radical (unpaired) electrons. The first-order valence-electron chi connectivity index (χ1n) is 3.51. The molecule has 0 fully saturated rings. The molecule has 1 atom stereocenters. The first kappa shape index (κ1) is 10.2. The number of esters is 1. The molecule has 1 aromatic heterocycles. The van der Waals surface area contributed by atoms with E-state index in [2.05, 4.69) is 25.8 Å². The first-order valence-corrected chi connectivity index (χ1v) is 4.30. The Bertz CT molecular complexity index is 304. The number of halogens is 1. The summed E-state index contributed by atoms with van der Waals surface area (Å²) in [5.41, 5.74) is 0.381. The van der Waals surface area contributed by atoms with Gasteiger partial charge in [0.1, 0.15) is 0 Å². The van der Waals surface area contributed by atoms with E-state index in [1.807, 2.05) is 0 Å². The SMILES string of the molecule is COC(=O)C(O)c1c(Br)cnn1C. The fraction of sp³-hybridized carbons (Fsp3) is 0.429. The van der Waals surface area contributed by atoms with Crippen molar-refractivity contribution in [2.45, 2.75) is 6.10 Å². The zero-order valence-corrected chi connectivity index (χ0v) is 8.78. The molecule has 13 heavy (non-hydrogen) atoms. The van der Waals surface area contributed by atoms with Crippen molar-refractivity contribution in [1.29, 1.82) is 0 Å². The number of hydrogen-bond donors (Lipinski definition) is 1. The molecule has 0 aliphatic rings. The summed E-state index contributed by atoms with van der Waals surface area (Å²) in [5.74, 6) is -0.704. The van der Waals surface area contributed by atoms with Gasteiger partial charge in [0.05, 0.1) is 23.5 Å². The third-order valence-electron chi connectivity index (χ3n) is 1.62. The summed E-state index contributed by atoms with van der Waals surface area (Å²) in [7, 11) is 2.85. The van der Waals surface area contributed by atoms with E-state index >= 15 is 0 Å². The summed E-state index contributed by atoms with van der Waals surface area (Å²) in [6.07, 6.45) is 0.202. The lowest BCUT2D eigenvalue weighted by molar-refractivity contribution is -0.151. The van der Waals surface area contributed by atoms with E-state index in [4.69, 9.17) is 0 Å². The Morgan fingerprint density at radius 2 is 2.46 bits per heavy atom. The minimum Gasteiger partial charge on any atom is -0.467 e. The summed E-state index contributed by atoms with van der Waals surface area (Å²) in [4.78, 5) is 11.0. The zero-order chi connectivity index (χ0) is 10.0. The molecule has 0 saturated carbocycles. The van der Waals surface area contributed by atoms with Crippen LogP contribution in [-0.4, -0.2) is 28.0 Å². The number of ether oxygens (including phenoxy) is 1. The summed E-state index contributed by atoms with van der Waals surface area (Å²) >= 11 is 3.16. The van der Waals surface area contributed by atoms with E-state index in [9.17, 15) is 9.90 Å². The lowest BCUT2D eigenvalue weighted by Gasteiger charge is -2.08. The second-order valence-electron chi connectivity index (χ2n) is 2.43. The Morgan fingerprint density at radius 1 is 1.85 bits per heavy atom. The highest BCUT2D eigenvalue weighted by atomic mass is 79.9. The minimum absolute atomic E-state index is 0.381. The van der Waals surface area contributed by atoms with Crippen LogP contribution in [0.25, 0.3) is 0 Å². The average molecular weight is 249 g/mol. The van der Waals surface area contributed by atoms with Crippen molar-refractivity contribution in [3.63, 3.8) is 0 Å². The molecular weight excluding hydrogens is 240 g/mol. The van der Waals surface area contributed by atoms with Gasteiger partial charge in [-0.15, -0.1) is 0 Å². The zero-order valence-electron chi connectivity index (χ0n) is 7.19. The lowest BCUT2D eigenvalue weighted by atomic mass is 10.2. The molecule has 0 amide bonds. The molecule has 1 aromatic rings. The predicted octanol–water partition coefficient (Wildman–Crippen LogP) is 0.389. The molecule has 0 aromatic carbocycles. The molecule has 1 unspecified atom stereocenters. The Morgan fingerprint density at radius 3 is 2.85 bits per heavy atom. The Balaban J connectivity index is 3.00. The molecule has 0 spiro atoms. The topological polar surface area (TPSA) is 64.3 Å². The normalized spacial score (nSPS) is 12.6. The number of carbonyl (C=O) groups excluding carboxylic acids is 1. The highest BCUT2D eigenvalue weighted by Crippen LogP contribution is 2.22. The number of hydrogen-bond acceptors (Lipinski definition) is 4. The van der Waals surface area contributed by atoms with Crippen molar-refractivity contribution < 1.29 is 14.6 Å². The monoisotopic (exact) mass is 248 g/mol. The van der Waals surface area contributed by atoms with Crippen LogP contribution < -0.4 is 0 Å². The minimum atomic E-state index is -1.30. The quantitative estimate of drug-likeness (QED) is 0.770. The summed E-state index contributed by atoms with van der Waals surface area (Å²) in [6.45, 7) is 0. The van der Waals surface area contributed by atoms with E-state index in [0.717, 1.165) is 0 Å². The number of carbonyl (C=O) groups is 1. The van der Waals surface area contributed by atoms with Gasteiger partial charge in [0, 0.05) is 7.05 Å². The fourth-order valence-electron chi connectivity index (χ4n) is 0.951. The smallest absolute Gasteiger partial charge is 0.341 e. The van der Waals surface area contributed by atoms with Gasteiger partial charge in [0.15, 0.2) is 6.10 Å². The maximum atomic E-state index is 11.0. The molecule has 5 nitrogen and oxygen atoms in total. The molecule has 1 rings (SSSR count). The van der Waals surface area contributed by atoms with Crippen LogP contribution in [0.3, 0.4) is 0 Å². The van der Waals surface area contributed by atoms with Gasteiger partial charge in [0.2, 0.25) is 0 Å². The summed E-state index contributed by atoms with van der Waals surface area (Å²) < 4.78 is 6.38. The maximum Gasteiger partial charge on any atom is 0.341 e. The van der Waals surface area contributed by atoms with E-state index in [1.54, 1.807) is 7.05 Å². The van der Waals surface area contributed by atoms with Crippen molar-refractivity contribution in [1.82, 2.24) is 9.78 Å². The second kappa shape index (κ2) is 3.89. The highest BCUT2D eigenvalue weighted by molar-refractivity contribution is 9.10. The van der Waals surface area contributed by atoms with E-state index < -0.39 is 12.1 Å². The molecule has 1 N–H and O–H groups in total. The van der Waals surface area contributed by atoms with Gasteiger partial charge < -0.3 is 9.84 Å². The number of aliphatic hydroxyl groups is 1. The Hall–Kier alpha value is -0.880. The van der Waals surface area contributed by atoms with Crippen LogP contribution in [0.15, 0.2) is 10.7 Å². The van der Waals surface area contributed by atoms with E-state index in [-0.39, 0.29) is 0 Å². The number of aromatic nitrogens is 2. The number of rotatable bonds is 2. The number of nitrogens with zero attached hydrogens (tertiary/aromatic N) is 2. The Kier molecular flexibility index (Phi) is 3.05. The lowest BCUT2D eigenvalue weighted by Crippen LogP contribution is -2.17. The fourth-order valence-corrected chi connectivity index (χ4v) is 1.52. The third kappa shape index (κ3) is 1.89. The van der Waals surface area contributed by atoms with Gasteiger partial charge in [-0.05, 0) is 15.9 Å². The number of aryl methyl sites for hydroxylation is 1. The number of methoxy groups -OCH3 is 1. The maximum absolute atomic E-state index is 11.0. The van der Waals surface area contributed by atoms with E-state index in [0.29, 0.717) is 10.2 Å². The largest absolute Gasteiger partial charge is 0.467 e. The molecular formula is C7H9BrN2O3. The Labute approximate surface area is 83.4 Å². The molecule has 0 saturated heterocycles. The summed E-state index contributed by atoms with van der Waals surface area (Å²) in [5, 5.41) is 13.3. The van der Waals surface area contributed by atoms with Crippen molar-refractivity contribution in [3.05, 3.63) is 16.4 Å². The van der Waals surface area contributed by atoms with Crippen molar-refractivity contribution in [2.24, 2.45) is 7.05 Å². The van der Waals surface area contributed by atoms with Crippen molar-refractivity contribution in [3.8, 4) is 0 Å². The first-order chi connectivity index (χ1) is 6.07. The van der Waals surface area contributed by atoms with Gasteiger partial charge >= 0.3 is 5.97 Å². The van der Waals surface area contributed by atoms with Gasteiger partial charge in [-0.1, -0.05) is 0 Å². The van der Waals surface area contributed by atoms with Gasteiger partial charge in [-0.25, -0.2) is 4.79 Å². The van der Waals surface area contributed by atoms with Gasteiger partial charge in [-0.3, -0.25) is 4.68 Å². The highest BCUT2D eigenvalue weighted by Gasteiger charge is 2.23. The predicted molar refractivity (Wildman–Crippen MR) is 47.9 cm³/mol. The summed E-state index contributed by atoms with van der Waals surface area (Å²) in [6, 6.07) is 0. The second-order valence-corrected chi connectivity index (χ2v) is 3.28. The molecule has 1 heterocycles. The molecule has 0 bridgehead atoms. The van der Waals surface area contributed by atoms with Crippen LogP contribution in [0.2, 0.25) is 0 Å². The molecule has 0 aliphatic carbocycles. The number of aliphatic hydroxyl groups excluding tert-OH is 1. The average Bonchev–Trinajstić information content (AvgIpc) is 2.44. The van der Waals surface area contributed by atoms with Crippen LogP contribution in [0, 0.1) is 0 Å². The van der Waals surface area contributed by atoms with Crippen LogP contribution >= 0.6 is 15.9 Å². The van der Waals surface area contributed by atoms with Gasteiger partial charge in [-0.2, -0.15) is 5.10 Å². The standard InChI is InChI=1S/C7H9BrN2O3/c1-10-5(4(8)3-9-10)6(11)7(12)13-2/h3,6,11H,1-2H3. The van der Waals surface area contributed by atoms with Crippen molar-refractivity contribution in [2.75, 3.05) is 7.11 Å². The van der Waals surface area contributed by atoms with Crippen LogP contribution in [0.4, 0.5) is 0 Å². The molecule has 72 valence electrons. The van der Waals surface area contributed by atoms with Gasteiger partial charge in [0.25, 0.3) is 0 Å². The molecule has 6 heteroatoms. The van der Waals surface area contributed by atoms with Crippen LogP contribution in [0.1, 0.15) is 11.8 Å². The van der Waals surface area contributed by atoms with Crippen LogP contribution in [-0.2, 0) is 16.6 Å². The van der Waals surface area contributed by atoms with E-state index in [1.165, 1.54) is 18.0 Å². The molecule has 0 aliphatic heterocycles.